The molecule has 1 aliphatic carbocycles. The van der Waals surface area contributed by atoms with Gasteiger partial charge in [-0.25, -0.2) is 4.98 Å². The standard InChI is InChI=1S/C13H18ClN3/c14-11-2-4-13(16-6-11)17-7-9-1-3-12(15)5-10(9)8-17/h2,4,6,9-10,12H,1,3,5,7-8,15H2/t9-,10+,12?/m1/s1. The molecule has 1 saturated carbocycles. The Labute approximate surface area is 107 Å². The SMILES string of the molecule is NC1CC[C@@H]2CN(c3ccc(Cl)cn3)C[C@@H]2C1. The maximum Gasteiger partial charge on any atom is 0.128 e. The van der Waals surface area contributed by atoms with Gasteiger partial charge in [0.15, 0.2) is 0 Å². The molecule has 17 heavy (non-hydrogen) atoms. The van der Waals surface area contributed by atoms with Crippen LogP contribution in [0.15, 0.2) is 18.3 Å². The second-order valence-corrected chi connectivity index (χ2v) is 5.77. The molecule has 2 N–H and O–H groups in total. The minimum Gasteiger partial charge on any atom is -0.356 e. The van der Waals surface area contributed by atoms with E-state index in [2.05, 4.69) is 9.88 Å². The molecule has 1 aromatic rings. The first-order valence-corrected chi connectivity index (χ1v) is 6.72. The Morgan fingerprint density at radius 3 is 2.82 bits per heavy atom. The fraction of sp³-hybridized carbons (Fsp3) is 0.615. The van der Waals surface area contributed by atoms with Gasteiger partial charge in [-0.05, 0) is 43.2 Å². The van der Waals surface area contributed by atoms with E-state index in [4.69, 9.17) is 17.3 Å². The van der Waals surface area contributed by atoms with Crippen molar-refractivity contribution in [3.63, 3.8) is 0 Å². The Hall–Kier alpha value is -0.800. The number of nitrogens with two attached hydrogens (primary N) is 1. The van der Waals surface area contributed by atoms with Gasteiger partial charge in [0.25, 0.3) is 0 Å². The van der Waals surface area contributed by atoms with Crippen LogP contribution in [0, 0.1) is 11.8 Å². The largest absolute Gasteiger partial charge is 0.356 e. The number of rotatable bonds is 1. The molecule has 4 heteroatoms. The smallest absolute Gasteiger partial charge is 0.128 e. The average Bonchev–Trinajstić information content (AvgIpc) is 2.72. The number of fused-ring (bicyclic) bond motifs is 1. The molecule has 3 nitrogen and oxygen atoms in total. The van der Waals surface area contributed by atoms with Crippen molar-refractivity contribution in [3.8, 4) is 0 Å². The van der Waals surface area contributed by atoms with E-state index in [1.54, 1.807) is 6.20 Å². The third kappa shape index (κ3) is 2.26. The van der Waals surface area contributed by atoms with Crippen molar-refractivity contribution in [2.24, 2.45) is 17.6 Å². The van der Waals surface area contributed by atoms with Gasteiger partial charge in [0.2, 0.25) is 0 Å². The molecule has 3 rings (SSSR count). The molecule has 0 bridgehead atoms. The molecule has 0 amide bonds. The first-order chi connectivity index (χ1) is 8.22. The van der Waals surface area contributed by atoms with E-state index >= 15 is 0 Å². The highest BCUT2D eigenvalue weighted by Gasteiger charge is 2.37. The Balaban J connectivity index is 1.73. The molecule has 0 spiro atoms. The highest BCUT2D eigenvalue weighted by Crippen LogP contribution is 2.37. The van der Waals surface area contributed by atoms with Crippen LogP contribution in [-0.2, 0) is 0 Å². The van der Waals surface area contributed by atoms with Crippen molar-refractivity contribution in [2.45, 2.75) is 25.3 Å². The van der Waals surface area contributed by atoms with Crippen LogP contribution >= 0.6 is 11.6 Å². The molecule has 0 aromatic carbocycles. The van der Waals surface area contributed by atoms with E-state index in [-0.39, 0.29) is 0 Å². The lowest BCUT2D eigenvalue weighted by molar-refractivity contribution is 0.271. The third-order valence-electron chi connectivity index (χ3n) is 4.13. The lowest BCUT2D eigenvalue weighted by Crippen LogP contribution is -2.32. The van der Waals surface area contributed by atoms with E-state index < -0.39 is 0 Å². The molecule has 3 atom stereocenters. The van der Waals surface area contributed by atoms with Crippen LogP contribution in [0.4, 0.5) is 5.82 Å². The van der Waals surface area contributed by atoms with E-state index in [0.29, 0.717) is 11.1 Å². The van der Waals surface area contributed by atoms with Crippen LogP contribution in [0.1, 0.15) is 19.3 Å². The fourth-order valence-corrected chi connectivity index (χ4v) is 3.32. The van der Waals surface area contributed by atoms with Gasteiger partial charge < -0.3 is 10.6 Å². The third-order valence-corrected chi connectivity index (χ3v) is 4.35. The zero-order valence-electron chi connectivity index (χ0n) is 9.85. The average molecular weight is 252 g/mol. The van der Waals surface area contributed by atoms with Crippen LogP contribution in [0.3, 0.4) is 0 Å². The molecule has 2 fully saturated rings. The summed E-state index contributed by atoms with van der Waals surface area (Å²) in [6, 6.07) is 4.34. The maximum atomic E-state index is 6.04. The summed E-state index contributed by atoms with van der Waals surface area (Å²) < 4.78 is 0. The number of aromatic nitrogens is 1. The summed E-state index contributed by atoms with van der Waals surface area (Å²) >= 11 is 5.86. The highest BCUT2D eigenvalue weighted by molar-refractivity contribution is 6.30. The second-order valence-electron chi connectivity index (χ2n) is 5.33. The summed E-state index contributed by atoms with van der Waals surface area (Å²) in [5, 5.41) is 0.701. The molecule has 0 radical (unpaired) electrons. The molecular formula is C13H18ClN3. The molecule has 2 aliphatic rings. The number of anilines is 1. The quantitative estimate of drug-likeness (QED) is 0.833. The monoisotopic (exact) mass is 251 g/mol. The summed E-state index contributed by atoms with van der Waals surface area (Å²) in [4.78, 5) is 6.78. The van der Waals surface area contributed by atoms with Gasteiger partial charge in [-0.15, -0.1) is 0 Å². The Bertz CT molecular complexity index is 392. The molecule has 1 unspecified atom stereocenters. The van der Waals surface area contributed by atoms with Gasteiger partial charge in [0.05, 0.1) is 5.02 Å². The summed E-state index contributed by atoms with van der Waals surface area (Å²) in [6.45, 7) is 2.24. The van der Waals surface area contributed by atoms with Crippen molar-refractivity contribution >= 4 is 17.4 Å². The van der Waals surface area contributed by atoms with Crippen LogP contribution in [0.25, 0.3) is 0 Å². The normalized spacial score (nSPS) is 32.6. The zero-order valence-corrected chi connectivity index (χ0v) is 10.6. The molecule has 92 valence electrons. The predicted molar refractivity (Wildman–Crippen MR) is 70.3 cm³/mol. The first-order valence-electron chi connectivity index (χ1n) is 6.34. The number of pyridine rings is 1. The molecule has 2 heterocycles. The number of hydrogen-bond donors (Lipinski definition) is 1. The Morgan fingerprint density at radius 1 is 1.24 bits per heavy atom. The van der Waals surface area contributed by atoms with Crippen molar-refractivity contribution in [2.75, 3.05) is 18.0 Å². The van der Waals surface area contributed by atoms with Gasteiger partial charge in [-0.2, -0.15) is 0 Å². The molecule has 1 aromatic heterocycles. The molecule has 1 aliphatic heterocycles. The van der Waals surface area contributed by atoms with Crippen molar-refractivity contribution in [3.05, 3.63) is 23.4 Å². The molecular weight excluding hydrogens is 234 g/mol. The van der Waals surface area contributed by atoms with Gasteiger partial charge in [-0.3, -0.25) is 0 Å². The summed E-state index contributed by atoms with van der Waals surface area (Å²) in [5.74, 6) is 2.63. The summed E-state index contributed by atoms with van der Waals surface area (Å²) in [7, 11) is 0. The Morgan fingerprint density at radius 2 is 2.06 bits per heavy atom. The van der Waals surface area contributed by atoms with E-state index in [0.717, 1.165) is 30.7 Å². The number of nitrogens with zero attached hydrogens (tertiary/aromatic N) is 2. The topological polar surface area (TPSA) is 42.1 Å². The first kappa shape index (κ1) is 11.3. The minimum atomic E-state index is 0.411. The van der Waals surface area contributed by atoms with Gasteiger partial charge in [0.1, 0.15) is 5.82 Å². The molecule has 1 saturated heterocycles. The predicted octanol–water partition coefficient (Wildman–Crippen LogP) is 2.30. The van der Waals surface area contributed by atoms with E-state index in [9.17, 15) is 0 Å². The summed E-state index contributed by atoms with van der Waals surface area (Å²) in [5.41, 5.74) is 6.04. The van der Waals surface area contributed by atoms with Crippen LogP contribution in [0.5, 0.6) is 0 Å². The van der Waals surface area contributed by atoms with E-state index in [1.807, 2.05) is 12.1 Å². The zero-order chi connectivity index (χ0) is 11.8. The lowest BCUT2D eigenvalue weighted by Gasteiger charge is -2.27. The lowest BCUT2D eigenvalue weighted by atomic mass is 9.79. The van der Waals surface area contributed by atoms with E-state index in [1.165, 1.54) is 19.3 Å². The van der Waals surface area contributed by atoms with Crippen molar-refractivity contribution in [1.29, 1.82) is 0 Å². The van der Waals surface area contributed by atoms with Crippen molar-refractivity contribution < 1.29 is 0 Å². The van der Waals surface area contributed by atoms with Crippen LogP contribution in [-0.4, -0.2) is 24.1 Å². The maximum absolute atomic E-state index is 6.04. The van der Waals surface area contributed by atoms with Crippen LogP contribution < -0.4 is 10.6 Å². The second kappa shape index (κ2) is 4.46. The Kier molecular flexibility index (Phi) is 2.97. The van der Waals surface area contributed by atoms with Crippen molar-refractivity contribution in [1.82, 2.24) is 4.98 Å². The van der Waals surface area contributed by atoms with Crippen LogP contribution in [0.2, 0.25) is 5.02 Å². The number of hydrogen-bond acceptors (Lipinski definition) is 3. The fourth-order valence-electron chi connectivity index (χ4n) is 3.21. The van der Waals surface area contributed by atoms with Gasteiger partial charge in [0, 0.05) is 25.3 Å². The highest BCUT2D eigenvalue weighted by atomic mass is 35.5. The minimum absolute atomic E-state index is 0.411. The number of halogens is 1. The summed E-state index contributed by atoms with van der Waals surface area (Å²) in [6.07, 6.45) is 5.36. The van der Waals surface area contributed by atoms with Gasteiger partial charge >= 0.3 is 0 Å². The van der Waals surface area contributed by atoms with Gasteiger partial charge in [-0.1, -0.05) is 11.6 Å².